The molecular formula is C19H26O5S. The molecule has 0 heterocycles. The lowest BCUT2D eigenvalue weighted by atomic mass is 9.94. The molecule has 6 heteroatoms. The highest BCUT2D eigenvalue weighted by molar-refractivity contribution is 7.98. The number of hydrogen-bond acceptors (Lipinski definition) is 6. The van der Waals surface area contributed by atoms with Gasteiger partial charge in [-0.1, -0.05) is 37.3 Å². The van der Waals surface area contributed by atoms with Crippen LogP contribution in [0.3, 0.4) is 0 Å². The molecular weight excluding hydrogens is 340 g/mol. The van der Waals surface area contributed by atoms with E-state index in [4.69, 9.17) is 9.47 Å². The summed E-state index contributed by atoms with van der Waals surface area (Å²) in [4.78, 5) is 37.1. The Morgan fingerprint density at radius 2 is 1.72 bits per heavy atom. The number of ether oxygens (including phenoxy) is 2. The molecule has 0 aliphatic carbocycles. The zero-order valence-corrected chi connectivity index (χ0v) is 16.2. The third-order valence-electron chi connectivity index (χ3n) is 3.33. The fourth-order valence-corrected chi connectivity index (χ4v) is 2.47. The first kappa shape index (κ1) is 21.2. The van der Waals surface area contributed by atoms with E-state index in [-0.39, 0.29) is 12.2 Å². The third kappa shape index (κ3) is 7.30. The van der Waals surface area contributed by atoms with Crippen molar-refractivity contribution in [2.24, 2.45) is 5.92 Å². The lowest BCUT2D eigenvalue weighted by Gasteiger charge is -2.26. The molecule has 1 aromatic carbocycles. The van der Waals surface area contributed by atoms with E-state index >= 15 is 0 Å². The summed E-state index contributed by atoms with van der Waals surface area (Å²) >= 11 is 1.50. The number of carbonyl (C=O) groups excluding carboxylic acids is 3. The van der Waals surface area contributed by atoms with Gasteiger partial charge in [-0.15, -0.1) is 0 Å². The fourth-order valence-electron chi connectivity index (χ4n) is 2.10. The van der Waals surface area contributed by atoms with Crippen LogP contribution >= 0.6 is 11.8 Å². The van der Waals surface area contributed by atoms with E-state index in [0.29, 0.717) is 11.3 Å². The lowest BCUT2D eigenvalue weighted by Crippen LogP contribution is -2.41. The number of benzene rings is 1. The first-order chi connectivity index (χ1) is 11.7. The minimum absolute atomic E-state index is 0.173. The minimum Gasteiger partial charge on any atom is -0.457 e. The highest BCUT2D eigenvalue weighted by Gasteiger charge is 2.37. The van der Waals surface area contributed by atoms with Crippen molar-refractivity contribution in [3.05, 3.63) is 35.9 Å². The second kappa shape index (κ2) is 9.61. The standard InChI is InChI=1S/C19H26O5S/c1-13(16(21)14-9-7-6-8-10-14)17(18(22)24-19(2,3)4)23-15(20)11-12-25-5/h6-10,13,17H,11-12H2,1-5H3. The summed E-state index contributed by atoms with van der Waals surface area (Å²) < 4.78 is 10.7. The molecule has 0 aliphatic heterocycles. The van der Waals surface area contributed by atoms with Gasteiger partial charge in [0, 0.05) is 11.3 Å². The molecule has 0 amide bonds. The molecule has 0 aromatic heterocycles. The Morgan fingerprint density at radius 1 is 1.12 bits per heavy atom. The largest absolute Gasteiger partial charge is 0.457 e. The first-order valence-corrected chi connectivity index (χ1v) is 9.55. The summed E-state index contributed by atoms with van der Waals surface area (Å²) in [5, 5.41) is 0. The van der Waals surface area contributed by atoms with Gasteiger partial charge in [0.2, 0.25) is 6.10 Å². The van der Waals surface area contributed by atoms with Crippen molar-refractivity contribution in [1.82, 2.24) is 0 Å². The van der Waals surface area contributed by atoms with E-state index in [1.165, 1.54) is 11.8 Å². The zero-order valence-electron chi connectivity index (χ0n) is 15.4. The van der Waals surface area contributed by atoms with E-state index in [9.17, 15) is 14.4 Å². The second-order valence-corrected chi connectivity index (χ2v) is 7.69. The molecule has 0 radical (unpaired) electrons. The number of carbonyl (C=O) groups is 3. The van der Waals surface area contributed by atoms with Crippen LogP contribution in [0.4, 0.5) is 0 Å². The molecule has 0 N–H and O–H groups in total. The maximum atomic E-state index is 12.6. The van der Waals surface area contributed by atoms with Crippen molar-refractivity contribution >= 4 is 29.5 Å². The molecule has 0 spiro atoms. The van der Waals surface area contributed by atoms with Crippen molar-refractivity contribution < 1.29 is 23.9 Å². The Balaban J connectivity index is 2.97. The van der Waals surface area contributed by atoms with Crippen LogP contribution in [0.15, 0.2) is 30.3 Å². The Labute approximate surface area is 153 Å². The quantitative estimate of drug-likeness (QED) is 0.518. The molecule has 0 aliphatic rings. The summed E-state index contributed by atoms with van der Waals surface area (Å²) in [6.07, 6.45) is 0.786. The van der Waals surface area contributed by atoms with Crippen LogP contribution in [0.2, 0.25) is 0 Å². The Hall–Kier alpha value is -1.82. The molecule has 5 nitrogen and oxygen atoms in total. The average molecular weight is 366 g/mol. The van der Waals surface area contributed by atoms with Gasteiger partial charge in [0.15, 0.2) is 5.78 Å². The van der Waals surface area contributed by atoms with Gasteiger partial charge in [-0.2, -0.15) is 11.8 Å². The average Bonchev–Trinajstić information content (AvgIpc) is 2.55. The van der Waals surface area contributed by atoms with Crippen LogP contribution in [0.5, 0.6) is 0 Å². The number of thioether (sulfide) groups is 1. The van der Waals surface area contributed by atoms with Gasteiger partial charge >= 0.3 is 11.9 Å². The maximum absolute atomic E-state index is 12.6. The van der Waals surface area contributed by atoms with Crippen LogP contribution in [0.1, 0.15) is 44.5 Å². The smallest absolute Gasteiger partial charge is 0.348 e. The van der Waals surface area contributed by atoms with Crippen LogP contribution in [-0.4, -0.2) is 41.4 Å². The highest BCUT2D eigenvalue weighted by atomic mass is 32.2. The summed E-state index contributed by atoms with van der Waals surface area (Å²) in [6, 6.07) is 8.62. The SMILES string of the molecule is CSCCC(=O)OC(C(=O)OC(C)(C)C)C(C)C(=O)c1ccccc1. The number of ketones is 1. The van der Waals surface area contributed by atoms with Crippen molar-refractivity contribution in [2.75, 3.05) is 12.0 Å². The summed E-state index contributed by atoms with van der Waals surface area (Å²) in [7, 11) is 0. The molecule has 2 unspecified atom stereocenters. The van der Waals surface area contributed by atoms with Gasteiger partial charge in [-0.25, -0.2) is 4.79 Å². The Bertz CT molecular complexity index is 592. The van der Waals surface area contributed by atoms with Gasteiger partial charge in [-0.3, -0.25) is 9.59 Å². The topological polar surface area (TPSA) is 69.7 Å². The van der Waals surface area contributed by atoms with E-state index in [1.54, 1.807) is 58.0 Å². The zero-order chi connectivity index (χ0) is 19.0. The molecule has 0 saturated carbocycles. The maximum Gasteiger partial charge on any atom is 0.348 e. The van der Waals surface area contributed by atoms with E-state index in [2.05, 4.69) is 0 Å². The molecule has 25 heavy (non-hydrogen) atoms. The molecule has 1 aromatic rings. The molecule has 0 bridgehead atoms. The second-order valence-electron chi connectivity index (χ2n) is 6.71. The normalized spacial score (nSPS) is 13.6. The minimum atomic E-state index is -1.26. The number of hydrogen-bond donors (Lipinski definition) is 0. The van der Waals surface area contributed by atoms with Gasteiger partial charge in [0.1, 0.15) is 5.60 Å². The Kier molecular flexibility index (Phi) is 8.16. The molecule has 0 saturated heterocycles. The Morgan fingerprint density at radius 3 is 2.24 bits per heavy atom. The van der Waals surface area contributed by atoms with Crippen molar-refractivity contribution in [2.45, 2.75) is 45.8 Å². The van der Waals surface area contributed by atoms with Crippen LogP contribution in [-0.2, 0) is 19.1 Å². The number of esters is 2. The van der Waals surface area contributed by atoms with Gasteiger partial charge in [0.05, 0.1) is 12.3 Å². The van der Waals surface area contributed by atoms with Crippen LogP contribution < -0.4 is 0 Å². The van der Waals surface area contributed by atoms with E-state index < -0.39 is 29.6 Å². The highest BCUT2D eigenvalue weighted by Crippen LogP contribution is 2.20. The first-order valence-electron chi connectivity index (χ1n) is 8.16. The molecule has 1 rings (SSSR count). The molecule has 0 fully saturated rings. The van der Waals surface area contributed by atoms with Crippen LogP contribution in [0.25, 0.3) is 0 Å². The third-order valence-corrected chi connectivity index (χ3v) is 3.95. The van der Waals surface area contributed by atoms with Crippen LogP contribution in [0, 0.1) is 5.92 Å². The van der Waals surface area contributed by atoms with Crippen molar-refractivity contribution in [1.29, 1.82) is 0 Å². The van der Waals surface area contributed by atoms with Crippen molar-refractivity contribution in [3.8, 4) is 0 Å². The van der Waals surface area contributed by atoms with Gasteiger partial charge < -0.3 is 9.47 Å². The molecule has 138 valence electrons. The van der Waals surface area contributed by atoms with E-state index in [0.717, 1.165) is 0 Å². The van der Waals surface area contributed by atoms with Gasteiger partial charge in [-0.05, 0) is 27.0 Å². The van der Waals surface area contributed by atoms with E-state index in [1.807, 2.05) is 6.26 Å². The van der Waals surface area contributed by atoms with Crippen molar-refractivity contribution in [3.63, 3.8) is 0 Å². The number of Topliss-reactive ketones (excluding diaryl/α,β-unsaturated/α-hetero) is 1. The summed E-state index contributed by atoms with van der Waals surface area (Å²) in [5.41, 5.74) is -0.278. The summed E-state index contributed by atoms with van der Waals surface area (Å²) in [5.74, 6) is -1.75. The van der Waals surface area contributed by atoms with Gasteiger partial charge in [0.25, 0.3) is 0 Å². The predicted molar refractivity (Wildman–Crippen MR) is 98.7 cm³/mol. The molecule has 2 atom stereocenters. The number of rotatable bonds is 8. The monoisotopic (exact) mass is 366 g/mol. The predicted octanol–water partition coefficient (Wildman–Crippen LogP) is 3.51. The fraction of sp³-hybridized carbons (Fsp3) is 0.526. The summed E-state index contributed by atoms with van der Waals surface area (Å²) in [6.45, 7) is 6.75. The lowest BCUT2D eigenvalue weighted by molar-refractivity contribution is -0.178.